The summed E-state index contributed by atoms with van der Waals surface area (Å²) in [6.07, 6.45) is 28.6. The van der Waals surface area contributed by atoms with Gasteiger partial charge in [0, 0.05) is 0 Å². The van der Waals surface area contributed by atoms with Crippen molar-refractivity contribution in [3.63, 3.8) is 0 Å². The number of hydrogen-bond acceptors (Lipinski definition) is 0. The Morgan fingerprint density at radius 3 is 1.29 bits per heavy atom. The van der Waals surface area contributed by atoms with Crippen molar-refractivity contribution in [2.45, 2.75) is 161 Å². The van der Waals surface area contributed by atoms with Crippen molar-refractivity contribution in [2.75, 3.05) is 0 Å². The van der Waals surface area contributed by atoms with Crippen LogP contribution < -0.4 is 0 Å². The van der Waals surface area contributed by atoms with E-state index in [0.29, 0.717) is 5.16 Å². The molecule has 0 aliphatic heterocycles. The number of unbranched alkanes of at least 4 members (excludes halogenated alkanes) is 12. The fraction of sp³-hybridized carbons (Fsp3) is 1.00. The SMILES string of the molecule is Br.CCCCCCCC(CCC)C(P)(CCCCCCC)CCCCCCC. The van der Waals surface area contributed by atoms with Gasteiger partial charge in [-0.2, -0.15) is 0 Å². The van der Waals surface area contributed by atoms with Gasteiger partial charge in [-0.15, -0.1) is 26.2 Å². The molecule has 0 aliphatic rings. The molecule has 28 heavy (non-hydrogen) atoms. The van der Waals surface area contributed by atoms with E-state index in [1.165, 1.54) is 128 Å². The zero-order valence-electron chi connectivity index (χ0n) is 20.2. The lowest BCUT2D eigenvalue weighted by atomic mass is 9.77. The van der Waals surface area contributed by atoms with Crippen LogP contribution in [0.2, 0.25) is 0 Å². The van der Waals surface area contributed by atoms with Gasteiger partial charge in [-0.25, -0.2) is 0 Å². The first-order chi connectivity index (χ1) is 13.1. The Labute approximate surface area is 193 Å². The van der Waals surface area contributed by atoms with E-state index in [2.05, 4.69) is 36.9 Å². The molecular weight excluding hydrogens is 423 g/mol. The lowest BCUT2D eigenvalue weighted by molar-refractivity contribution is 0.274. The van der Waals surface area contributed by atoms with E-state index < -0.39 is 0 Å². The summed E-state index contributed by atoms with van der Waals surface area (Å²) in [4.78, 5) is 0. The molecule has 0 aliphatic carbocycles. The molecule has 2 heteroatoms. The van der Waals surface area contributed by atoms with Crippen LogP contribution in [-0.4, -0.2) is 5.16 Å². The average molecular weight is 480 g/mol. The summed E-state index contributed by atoms with van der Waals surface area (Å²) in [7, 11) is 3.43. The van der Waals surface area contributed by atoms with Crippen molar-refractivity contribution in [1.82, 2.24) is 0 Å². The van der Waals surface area contributed by atoms with Gasteiger partial charge in [0.05, 0.1) is 0 Å². The standard InChI is InChI=1S/C26H55P.BrH/c1-5-9-12-15-18-22-25(21-8-4)26(27,23-19-16-13-10-6-2)24-20-17-14-11-7-3;/h25H,5-24,27H2,1-4H3;1H. The maximum atomic E-state index is 3.43. The molecule has 0 aromatic rings. The van der Waals surface area contributed by atoms with E-state index in [4.69, 9.17) is 0 Å². The third kappa shape index (κ3) is 16.7. The molecule has 0 saturated carbocycles. The molecule has 0 amide bonds. The maximum Gasteiger partial charge on any atom is -0.0122 e. The van der Waals surface area contributed by atoms with Crippen molar-refractivity contribution in [2.24, 2.45) is 5.92 Å². The molecule has 0 heterocycles. The Kier molecular flexibility index (Phi) is 25.1. The average Bonchev–Trinajstić information content (AvgIpc) is 2.66. The van der Waals surface area contributed by atoms with Crippen LogP contribution >= 0.6 is 26.2 Å². The molecule has 0 aromatic carbocycles. The molecule has 0 bridgehead atoms. The monoisotopic (exact) mass is 478 g/mol. The zero-order chi connectivity index (χ0) is 20.2. The minimum Gasteiger partial charge on any atom is -0.131 e. The van der Waals surface area contributed by atoms with Crippen LogP contribution in [0.15, 0.2) is 0 Å². The van der Waals surface area contributed by atoms with Crippen molar-refractivity contribution in [1.29, 1.82) is 0 Å². The van der Waals surface area contributed by atoms with Crippen LogP contribution in [0, 0.1) is 5.92 Å². The van der Waals surface area contributed by atoms with Gasteiger partial charge in [0.1, 0.15) is 0 Å². The van der Waals surface area contributed by atoms with Crippen molar-refractivity contribution in [3.05, 3.63) is 0 Å². The summed E-state index contributed by atoms with van der Waals surface area (Å²) in [5, 5.41) is 0.527. The van der Waals surface area contributed by atoms with E-state index in [0.717, 1.165) is 5.92 Å². The van der Waals surface area contributed by atoms with Crippen LogP contribution in [0.5, 0.6) is 0 Å². The largest absolute Gasteiger partial charge is 0.131 e. The third-order valence-electron chi connectivity index (χ3n) is 6.60. The Balaban J connectivity index is 0. The lowest BCUT2D eigenvalue weighted by Crippen LogP contribution is -2.32. The minimum atomic E-state index is 0. The summed E-state index contributed by atoms with van der Waals surface area (Å²) in [5.74, 6) is 0.937. The summed E-state index contributed by atoms with van der Waals surface area (Å²) < 4.78 is 0. The van der Waals surface area contributed by atoms with Crippen LogP contribution in [0.1, 0.15) is 156 Å². The van der Waals surface area contributed by atoms with Crippen LogP contribution in [0.25, 0.3) is 0 Å². The van der Waals surface area contributed by atoms with E-state index in [9.17, 15) is 0 Å². The molecule has 2 unspecified atom stereocenters. The van der Waals surface area contributed by atoms with Gasteiger partial charge in [-0.1, -0.05) is 130 Å². The molecule has 0 rings (SSSR count). The van der Waals surface area contributed by atoms with Crippen LogP contribution in [0.4, 0.5) is 0 Å². The van der Waals surface area contributed by atoms with Crippen molar-refractivity contribution < 1.29 is 0 Å². The molecule has 0 radical (unpaired) electrons. The minimum absolute atomic E-state index is 0. The molecule has 172 valence electrons. The second-order valence-corrected chi connectivity index (χ2v) is 10.4. The molecule has 0 aromatic heterocycles. The van der Waals surface area contributed by atoms with E-state index in [-0.39, 0.29) is 17.0 Å². The molecule has 2 atom stereocenters. The number of hydrogen-bond donors (Lipinski definition) is 0. The third-order valence-corrected chi connectivity index (χ3v) is 7.65. The highest BCUT2D eigenvalue weighted by molar-refractivity contribution is 8.93. The highest BCUT2D eigenvalue weighted by atomic mass is 79.9. The van der Waals surface area contributed by atoms with Gasteiger partial charge in [-0.3, -0.25) is 0 Å². The van der Waals surface area contributed by atoms with Gasteiger partial charge in [-0.05, 0) is 36.8 Å². The van der Waals surface area contributed by atoms with Crippen molar-refractivity contribution >= 4 is 26.2 Å². The van der Waals surface area contributed by atoms with E-state index in [1.54, 1.807) is 0 Å². The van der Waals surface area contributed by atoms with E-state index >= 15 is 0 Å². The normalized spacial score (nSPS) is 12.8. The zero-order valence-corrected chi connectivity index (χ0v) is 23.1. The number of rotatable bonds is 21. The fourth-order valence-electron chi connectivity index (χ4n) is 4.71. The Morgan fingerprint density at radius 1 is 0.500 bits per heavy atom. The lowest BCUT2D eigenvalue weighted by Gasteiger charge is -2.39. The highest BCUT2D eigenvalue weighted by Crippen LogP contribution is 2.43. The second kappa shape index (κ2) is 22.6. The molecular formula is C26H56BrP. The summed E-state index contributed by atoms with van der Waals surface area (Å²) >= 11 is 0. The maximum absolute atomic E-state index is 3.43. The summed E-state index contributed by atoms with van der Waals surface area (Å²) in [6, 6.07) is 0. The second-order valence-electron chi connectivity index (χ2n) is 9.25. The van der Waals surface area contributed by atoms with Gasteiger partial charge < -0.3 is 0 Å². The molecule has 0 N–H and O–H groups in total. The van der Waals surface area contributed by atoms with Gasteiger partial charge in [0.15, 0.2) is 0 Å². The first-order valence-electron chi connectivity index (χ1n) is 12.9. The Morgan fingerprint density at radius 2 is 0.893 bits per heavy atom. The summed E-state index contributed by atoms with van der Waals surface area (Å²) in [6.45, 7) is 9.38. The van der Waals surface area contributed by atoms with Gasteiger partial charge >= 0.3 is 0 Å². The predicted molar refractivity (Wildman–Crippen MR) is 141 cm³/mol. The van der Waals surface area contributed by atoms with Crippen molar-refractivity contribution in [3.8, 4) is 0 Å². The topological polar surface area (TPSA) is 0 Å². The van der Waals surface area contributed by atoms with E-state index in [1.807, 2.05) is 0 Å². The predicted octanol–water partition coefficient (Wildman–Crippen LogP) is 10.7. The highest BCUT2D eigenvalue weighted by Gasteiger charge is 2.32. The molecule has 0 saturated heterocycles. The first-order valence-corrected chi connectivity index (χ1v) is 13.5. The molecule has 0 spiro atoms. The fourth-order valence-corrected chi connectivity index (χ4v) is 5.45. The Bertz CT molecular complexity index is 278. The molecule has 0 fully saturated rings. The Hall–Kier alpha value is 0.910. The van der Waals surface area contributed by atoms with Crippen LogP contribution in [0.3, 0.4) is 0 Å². The quantitative estimate of drug-likeness (QED) is 0.113. The van der Waals surface area contributed by atoms with Gasteiger partial charge in [0.25, 0.3) is 0 Å². The smallest absolute Gasteiger partial charge is 0.0122 e. The van der Waals surface area contributed by atoms with Gasteiger partial charge in [0.2, 0.25) is 0 Å². The first kappa shape index (κ1) is 31.1. The molecule has 0 nitrogen and oxygen atoms in total. The van der Waals surface area contributed by atoms with Crippen LogP contribution in [-0.2, 0) is 0 Å². The summed E-state index contributed by atoms with van der Waals surface area (Å²) in [5.41, 5.74) is 0. The number of halogens is 1.